The second-order valence-corrected chi connectivity index (χ2v) is 6.00. The minimum atomic E-state index is -0.440. The van der Waals surface area contributed by atoms with E-state index in [1.54, 1.807) is 37.4 Å². The van der Waals surface area contributed by atoms with Crippen LogP contribution in [0.3, 0.4) is 0 Å². The zero-order valence-electron chi connectivity index (χ0n) is 15.9. The number of para-hydroxylation sites is 1. The topological polar surface area (TPSA) is 87.8 Å². The molecule has 146 valence electrons. The van der Waals surface area contributed by atoms with Crippen LogP contribution < -0.4 is 9.47 Å². The molecule has 0 fully saturated rings. The predicted molar refractivity (Wildman–Crippen MR) is 105 cm³/mol. The summed E-state index contributed by atoms with van der Waals surface area (Å²) in [4.78, 5) is 21.1. The lowest BCUT2D eigenvalue weighted by atomic mass is 10.3. The molecule has 0 aliphatic carbocycles. The summed E-state index contributed by atoms with van der Waals surface area (Å²) >= 11 is 0. The highest BCUT2D eigenvalue weighted by molar-refractivity contribution is 5.91. The number of fused-ring (bicyclic) bond motifs is 1. The molecule has 0 bridgehead atoms. The van der Waals surface area contributed by atoms with Crippen molar-refractivity contribution < 1.29 is 19.0 Å². The summed E-state index contributed by atoms with van der Waals surface area (Å²) < 4.78 is 17.8. The van der Waals surface area contributed by atoms with Gasteiger partial charge in [-0.3, -0.25) is 0 Å². The fourth-order valence-corrected chi connectivity index (χ4v) is 2.74. The Morgan fingerprint density at radius 3 is 2.66 bits per heavy atom. The summed E-state index contributed by atoms with van der Waals surface area (Å²) in [5.74, 6) is 1.23. The number of pyridine rings is 1. The van der Waals surface area contributed by atoms with Crippen molar-refractivity contribution in [2.45, 2.75) is 6.92 Å². The molecule has 4 aromatic rings. The van der Waals surface area contributed by atoms with Crippen LogP contribution in [0.1, 0.15) is 17.3 Å². The molecule has 8 heteroatoms. The van der Waals surface area contributed by atoms with Crippen molar-refractivity contribution in [2.75, 3.05) is 13.7 Å². The van der Waals surface area contributed by atoms with E-state index in [2.05, 4.69) is 15.1 Å². The van der Waals surface area contributed by atoms with Crippen LogP contribution in [-0.2, 0) is 4.74 Å². The fraction of sp³-hybridized carbons (Fsp3) is 0.143. The van der Waals surface area contributed by atoms with E-state index in [-0.39, 0.29) is 6.61 Å². The molecule has 3 heterocycles. The highest BCUT2D eigenvalue weighted by Crippen LogP contribution is 2.28. The number of hydrogen-bond acceptors (Lipinski definition) is 7. The van der Waals surface area contributed by atoms with Gasteiger partial charge < -0.3 is 14.2 Å². The average molecular weight is 390 g/mol. The predicted octanol–water partition coefficient (Wildman–Crippen LogP) is 3.77. The Balaban J connectivity index is 1.85. The first-order valence-corrected chi connectivity index (χ1v) is 9.00. The van der Waals surface area contributed by atoms with Crippen LogP contribution in [0.4, 0.5) is 0 Å². The second kappa shape index (κ2) is 7.97. The summed E-state index contributed by atoms with van der Waals surface area (Å²) in [6, 6.07) is 16.2. The smallest absolute Gasteiger partial charge is 0.339 e. The van der Waals surface area contributed by atoms with Gasteiger partial charge in [-0.1, -0.05) is 24.3 Å². The summed E-state index contributed by atoms with van der Waals surface area (Å²) in [7, 11) is 1.54. The van der Waals surface area contributed by atoms with Crippen LogP contribution >= 0.6 is 0 Å². The molecule has 29 heavy (non-hydrogen) atoms. The van der Waals surface area contributed by atoms with Gasteiger partial charge in [0.15, 0.2) is 0 Å². The van der Waals surface area contributed by atoms with Gasteiger partial charge in [-0.2, -0.15) is 4.98 Å². The molecule has 0 saturated carbocycles. The zero-order chi connectivity index (χ0) is 20.2. The van der Waals surface area contributed by atoms with Crippen LogP contribution in [0.5, 0.6) is 17.5 Å². The standard InChI is InChI=1S/C21H18N4O4/c1-3-28-21(26)14-12-17-20(29-15-8-5-4-6-9-15)23-19(24-25(17)13-14)16-10-7-11-18(22-16)27-2/h4-13H,3H2,1-2H3. The van der Waals surface area contributed by atoms with Gasteiger partial charge in [-0.15, -0.1) is 5.10 Å². The zero-order valence-corrected chi connectivity index (χ0v) is 15.9. The molecule has 0 spiro atoms. The molecular formula is C21H18N4O4. The third-order valence-electron chi connectivity index (χ3n) is 4.06. The van der Waals surface area contributed by atoms with E-state index in [0.717, 1.165) is 0 Å². The van der Waals surface area contributed by atoms with Gasteiger partial charge in [0.1, 0.15) is 17.0 Å². The molecule has 0 saturated heterocycles. The first kappa shape index (κ1) is 18.4. The Labute approximate surface area is 166 Å². The largest absolute Gasteiger partial charge is 0.481 e. The maximum atomic E-state index is 12.2. The van der Waals surface area contributed by atoms with Crippen molar-refractivity contribution in [3.05, 3.63) is 66.4 Å². The van der Waals surface area contributed by atoms with E-state index in [0.29, 0.717) is 40.1 Å². The van der Waals surface area contributed by atoms with E-state index in [1.165, 1.54) is 11.6 Å². The normalized spacial score (nSPS) is 10.7. The maximum absolute atomic E-state index is 12.2. The summed E-state index contributed by atoms with van der Waals surface area (Å²) in [6.45, 7) is 2.03. The number of hydrogen-bond donors (Lipinski definition) is 0. The quantitative estimate of drug-likeness (QED) is 0.463. The number of carbonyl (C=O) groups is 1. The molecule has 0 atom stereocenters. The van der Waals surface area contributed by atoms with Crippen LogP contribution in [-0.4, -0.2) is 39.3 Å². The van der Waals surface area contributed by atoms with Gasteiger partial charge in [0.2, 0.25) is 17.6 Å². The van der Waals surface area contributed by atoms with Crippen LogP contribution in [0.15, 0.2) is 60.8 Å². The Bertz CT molecular complexity index is 1160. The minimum Gasteiger partial charge on any atom is -0.481 e. The highest BCUT2D eigenvalue weighted by Gasteiger charge is 2.18. The Kier molecular flexibility index (Phi) is 5.07. The molecule has 3 aromatic heterocycles. The van der Waals surface area contributed by atoms with Crippen molar-refractivity contribution in [1.29, 1.82) is 0 Å². The molecule has 0 aliphatic heterocycles. The van der Waals surface area contributed by atoms with Gasteiger partial charge in [0.25, 0.3) is 0 Å². The lowest BCUT2D eigenvalue weighted by Crippen LogP contribution is -2.03. The molecule has 0 radical (unpaired) electrons. The monoisotopic (exact) mass is 390 g/mol. The number of ether oxygens (including phenoxy) is 3. The van der Waals surface area contributed by atoms with Crippen molar-refractivity contribution >= 4 is 11.5 Å². The van der Waals surface area contributed by atoms with E-state index < -0.39 is 5.97 Å². The highest BCUT2D eigenvalue weighted by atomic mass is 16.5. The van der Waals surface area contributed by atoms with Gasteiger partial charge in [0, 0.05) is 12.3 Å². The first-order chi connectivity index (χ1) is 14.2. The fourth-order valence-electron chi connectivity index (χ4n) is 2.74. The molecule has 0 aliphatic rings. The first-order valence-electron chi connectivity index (χ1n) is 9.00. The van der Waals surface area contributed by atoms with Gasteiger partial charge in [-0.05, 0) is 31.2 Å². The Hall–Kier alpha value is -3.94. The second-order valence-electron chi connectivity index (χ2n) is 6.00. The van der Waals surface area contributed by atoms with Gasteiger partial charge >= 0.3 is 5.97 Å². The van der Waals surface area contributed by atoms with Gasteiger partial charge in [0.05, 0.1) is 19.3 Å². The molecular weight excluding hydrogens is 372 g/mol. The number of nitrogens with zero attached hydrogens (tertiary/aromatic N) is 4. The van der Waals surface area contributed by atoms with E-state index in [4.69, 9.17) is 14.2 Å². The SMILES string of the molecule is CCOC(=O)c1cc2c(Oc3ccccc3)nc(-c3cccc(OC)n3)nn2c1. The van der Waals surface area contributed by atoms with E-state index in [1.807, 2.05) is 30.3 Å². The van der Waals surface area contributed by atoms with Crippen LogP contribution in [0.2, 0.25) is 0 Å². The summed E-state index contributed by atoms with van der Waals surface area (Å²) in [5, 5.41) is 4.49. The summed E-state index contributed by atoms with van der Waals surface area (Å²) in [5.41, 5.74) is 1.40. The third kappa shape index (κ3) is 3.86. The Morgan fingerprint density at radius 2 is 1.90 bits per heavy atom. The van der Waals surface area contributed by atoms with E-state index >= 15 is 0 Å². The maximum Gasteiger partial charge on any atom is 0.339 e. The van der Waals surface area contributed by atoms with Gasteiger partial charge in [-0.25, -0.2) is 14.3 Å². The van der Waals surface area contributed by atoms with Crippen molar-refractivity contribution in [1.82, 2.24) is 19.6 Å². The lowest BCUT2D eigenvalue weighted by Gasteiger charge is -2.09. The number of rotatable bonds is 6. The molecule has 8 nitrogen and oxygen atoms in total. The molecule has 0 amide bonds. The summed E-state index contributed by atoms with van der Waals surface area (Å²) in [6.07, 6.45) is 1.58. The molecule has 0 N–H and O–H groups in total. The van der Waals surface area contributed by atoms with Crippen molar-refractivity contribution in [3.8, 4) is 29.0 Å². The number of benzene rings is 1. The van der Waals surface area contributed by atoms with E-state index in [9.17, 15) is 4.79 Å². The van der Waals surface area contributed by atoms with Crippen LogP contribution in [0.25, 0.3) is 17.0 Å². The average Bonchev–Trinajstić information content (AvgIpc) is 3.19. The number of aromatic nitrogens is 4. The third-order valence-corrected chi connectivity index (χ3v) is 4.06. The Morgan fingerprint density at radius 1 is 1.07 bits per heavy atom. The lowest BCUT2D eigenvalue weighted by molar-refractivity contribution is 0.0526. The van der Waals surface area contributed by atoms with Crippen LogP contribution in [0, 0.1) is 0 Å². The minimum absolute atomic E-state index is 0.281. The van der Waals surface area contributed by atoms with Crippen molar-refractivity contribution in [2.24, 2.45) is 0 Å². The number of methoxy groups -OCH3 is 1. The van der Waals surface area contributed by atoms with Crippen molar-refractivity contribution in [3.63, 3.8) is 0 Å². The molecule has 0 unspecified atom stereocenters. The number of carbonyl (C=O) groups excluding carboxylic acids is 1. The molecule has 4 rings (SSSR count). The molecule has 1 aromatic carbocycles. The number of esters is 1.